The molecule has 2 nitrogen and oxygen atoms in total. The summed E-state index contributed by atoms with van der Waals surface area (Å²) in [4.78, 5) is 0. The highest BCUT2D eigenvalue weighted by atomic mass is 35.5. The van der Waals surface area contributed by atoms with Crippen LogP contribution in [-0.2, 0) is 0 Å². The molecule has 0 spiro atoms. The molecule has 0 fully saturated rings. The Kier molecular flexibility index (Phi) is 2.35. The first-order valence-electron chi connectivity index (χ1n) is 2.57. The van der Waals surface area contributed by atoms with Gasteiger partial charge in [-0.3, -0.25) is 0 Å². The molecule has 53 valence electrons. The third-order valence-electron chi connectivity index (χ3n) is 1.06. The Morgan fingerprint density at radius 3 is 2.90 bits per heavy atom. The Hall–Kier alpha value is -0.470. The Labute approximate surface area is 68.4 Å². The molecule has 0 heterocycles. The Morgan fingerprint density at radius 1 is 1.70 bits per heavy atom. The fourth-order valence-corrected chi connectivity index (χ4v) is 0.920. The second-order valence-electron chi connectivity index (χ2n) is 1.71. The number of hydrogen-bond donors (Lipinski definition) is 1. The molecule has 1 aliphatic carbocycles. The van der Waals surface area contributed by atoms with Gasteiger partial charge in [0.05, 0.1) is 0 Å². The first-order chi connectivity index (χ1) is 4.75. The zero-order valence-corrected chi connectivity index (χ0v) is 6.39. The van der Waals surface area contributed by atoms with Crippen LogP contribution in [0.2, 0.25) is 0 Å². The van der Waals surface area contributed by atoms with Crippen molar-refractivity contribution in [1.82, 2.24) is 0 Å². The molecule has 1 atom stereocenters. The lowest BCUT2D eigenvalue weighted by Gasteiger charge is -2.08. The molecule has 0 aromatic heterocycles. The van der Waals surface area contributed by atoms with E-state index in [0.29, 0.717) is 5.03 Å². The fourth-order valence-electron chi connectivity index (χ4n) is 0.574. The fraction of sp³-hybridized carbons (Fsp3) is 0.167. The van der Waals surface area contributed by atoms with Gasteiger partial charge in [0.25, 0.3) is 0 Å². The lowest BCUT2D eigenvalue weighted by atomic mass is 10.1. The first-order valence-corrected chi connectivity index (χ1v) is 3.38. The Bertz CT molecular complexity index is 220. The molecular formula is C6H4Cl2NO. The lowest BCUT2D eigenvalue weighted by molar-refractivity contribution is 0.318. The largest absolute Gasteiger partial charge is 0.411 e. The van der Waals surface area contributed by atoms with Crippen molar-refractivity contribution in [3.8, 4) is 0 Å². The highest BCUT2D eigenvalue weighted by Gasteiger charge is 2.17. The highest BCUT2D eigenvalue weighted by molar-refractivity contribution is 6.45. The summed E-state index contributed by atoms with van der Waals surface area (Å²) in [5.74, 6) is 0. The van der Waals surface area contributed by atoms with Crippen molar-refractivity contribution in [3.63, 3.8) is 0 Å². The summed E-state index contributed by atoms with van der Waals surface area (Å²) in [6.45, 7) is 0. The summed E-state index contributed by atoms with van der Waals surface area (Å²) >= 11 is 11.3. The summed E-state index contributed by atoms with van der Waals surface area (Å²) in [5.41, 5.74) is 0.245. The zero-order valence-electron chi connectivity index (χ0n) is 4.88. The van der Waals surface area contributed by atoms with Crippen molar-refractivity contribution >= 4 is 28.9 Å². The number of oxime groups is 1. The number of nitrogens with zero attached hydrogens (tertiary/aromatic N) is 1. The van der Waals surface area contributed by atoms with Gasteiger partial charge in [-0.1, -0.05) is 22.8 Å². The topological polar surface area (TPSA) is 32.6 Å². The van der Waals surface area contributed by atoms with E-state index in [0.717, 1.165) is 0 Å². The van der Waals surface area contributed by atoms with Gasteiger partial charge in [0.15, 0.2) is 0 Å². The molecule has 1 N–H and O–H groups in total. The van der Waals surface area contributed by atoms with E-state index in [2.05, 4.69) is 11.2 Å². The van der Waals surface area contributed by atoms with Crippen molar-refractivity contribution in [2.24, 2.45) is 5.16 Å². The maximum Gasteiger partial charge on any atom is 0.115 e. The van der Waals surface area contributed by atoms with Crippen LogP contribution >= 0.6 is 23.2 Å². The van der Waals surface area contributed by atoms with Crippen LogP contribution in [0.3, 0.4) is 0 Å². The van der Waals surface area contributed by atoms with Gasteiger partial charge in [-0.2, -0.15) is 0 Å². The first kappa shape index (κ1) is 7.63. The molecular weight excluding hydrogens is 173 g/mol. The van der Waals surface area contributed by atoms with E-state index < -0.39 is 5.38 Å². The summed E-state index contributed by atoms with van der Waals surface area (Å²) in [6.07, 6.45) is 5.79. The quantitative estimate of drug-likeness (QED) is 0.342. The monoisotopic (exact) mass is 176 g/mol. The van der Waals surface area contributed by atoms with E-state index in [1.807, 2.05) is 0 Å². The van der Waals surface area contributed by atoms with Gasteiger partial charge in [-0.25, -0.2) is 0 Å². The predicted octanol–water partition coefficient (Wildman–Crippen LogP) is 1.92. The third kappa shape index (κ3) is 1.33. The van der Waals surface area contributed by atoms with Gasteiger partial charge >= 0.3 is 0 Å². The van der Waals surface area contributed by atoms with Crippen molar-refractivity contribution < 1.29 is 5.21 Å². The van der Waals surface area contributed by atoms with E-state index >= 15 is 0 Å². The summed E-state index contributed by atoms with van der Waals surface area (Å²) in [7, 11) is 0. The standard InChI is InChI=1S/C6H4Cl2NO/c7-4-2-1-3-5(9-10)6(4)8/h1-2,6,10H. The summed E-state index contributed by atoms with van der Waals surface area (Å²) in [5, 5.41) is 11.1. The molecule has 0 bridgehead atoms. The minimum atomic E-state index is -0.559. The molecule has 1 radical (unpaired) electrons. The van der Waals surface area contributed by atoms with Gasteiger partial charge in [0.1, 0.15) is 11.1 Å². The smallest absolute Gasteiger partial charge is 0.115 e. The molecule has 4 heteroatoms. The van der Waals surface area contributed by atoms with Crippen LogP contribution < -0.4 is 0 Å². The maximum atomic E-state index is 8.31. The number of rotatable bonds is 0. The van der Waals surface area contributed by atoms with Crippen LogP contribution in [0.15, 0.2) is 22.3 Å². The van der Waals surface area contributed by atoms with E-state index in [9.17, 15) is 0 Å². The Morgan fingerprint density at radius 2 is 2.40 bits per heavy atom. The van der Waals surface area contributed by atoms with Crippen LogP contribution in [0.5, 0.6) is 0 Å². The van der Waals surface area contributed by atoms with Gasteiger partial charge in [0, 0.05) is 11.1 Å². The van der Waals surface area contributed by atoms with Gasteiger partial charge in [-0.05, 0) is 6.08 Å². The normalized spacial score (nSPS) is 28.8. The number of hydrogen-bond acceptors (Lipinski definition) is 2. The van der Waals surface area contributed by atoms with Crippen LogP contribution in [0, 0.1) is 6.08 Å². The summed E-state index contributed by atoms with van der Waals surface area (Å²) in [6, 6.07) is 0. The minimum absolute atomic E-state index is 0.245. The molecule has 0 amide bonds. The van der Waals surface area contributed by atoms with Crippen LogP contribution in [0.1, 0.15) is 0 Å². The van der Waals surface area contributed by atoms with E-state index in [4.69, 9.17) is 28.4 Å². The van der Waals surface area contributed by atoms with Crippen LogP contribution in [-0.4, -0.2) is 16.3 Å². The number of halogens is 2. The van der Waals surface area contributed by atoms with Gasteiger partial charge in [0.2, 0.25) is 0 Å². The molecule has 0 saturated heterocycles. The highest BCUT2D eigenvalue weighted by Crippen LogP contribution is 2.19. The van der Waals surface area contributed by atoms with Crippen molar-refractivity contribution in [2.75, 3.05) is 0 Å². The Balaban J connectivity index is 2.89. The second-order valence-corrected chi connectivity index (χ2v) is 2.58. The minimum Gasteiger partial charge on any atom is -0.411 e. The molecule has 0 saturated carbocycles. The molecule has 0 aliphatic heterocycles. The maximum absolute atomic E-state index is 8.31. The van der Waals surface area contributed by atoms with Crippen molar-refractivity contribution in [1.29, 1.82) is 0 Å². The zero-order chi connectivity index (χ0) is 7.56. The molecule has 10 heavy (non-hydrogen) atoms. The van der Waals surface area contributed by atoms with E-state index in [-0.39, 0.29) is 5.71 Å². The second kappa shape index (κ2) is 3.08. The van der Waals surface area contributed by atoms with Crippen molar-refractivity contribution in [2.45, 2.75) is 5.38 Å². The van der Waals surface area contributed by atoms with E-state index in [1.165, 1.54) is 0 Å². The average Bonchev–Trinajstić information content (AvgIpc) is 1.95. The van der Waals surface area contributed by atoms with Gasteiger partial charge in [-0.15, -0.1) is 11.6 Å². The molecule has 1 rings (SSSR count). The third-order valence-corrected chi connectivity index (χ3v) is 1.96. The SMILES string of the molecule is ON=C1[C]=CC=C(Cl)C1Cl. The summed E-state index contributed by atoms with van der Waals surface area (Å²) < 4.78 is 0. The lowest BCUT2D eigenvalue weighted by Crippen LogP contribution is -2.15. The predicted molar refractivity (Wildman–Crippen MR) is 40.6 cm³/mol. The van der Waals surface area contributed by atoms with Crippen molar-refractivity contribution in [3.05, 3.63) is 23.3 Å². The van der Waals surface area contributed by atoms with Gasteiger partial charge < -0.3 is 5.21 Å². The van der Waals surface area contributed by atoms with Crippen LogP contribution in [0.25, 0.3) is 0 Å². The number of alkyl halides is 1. The molecule has 0 aromatic rings. The molecule has 1 aliphatic rings. The molecule has 0 aromatic carbocycles. The van der Waals surface area contributed by atoms with Crippen LogP contribution in [0.4, 0.5) is 0 Å². The molecule has 1 unspecified atom stereocenters. The number of allylic oxidation sites excluding steroid dienone is 4. The van der Waals surface area contributed by atoms with E-state index in [1.54, 1.807) is 12.2 Å². The average molecular weight is 177 g/mol.